The summed E-state index contributed by atoms with van der Waals surface area (Å²) in [6.07, 6.45) is 0. The Morgan fingerprint density at radius 1 is 1.05 bits per heavy atom. The number of nitrogens with zero attached hydrogens (tertiary/aromatic N) is 1. The van der Waals surface area contributed by atoms with Crippen LogP contribution in [0.2, 0.25) is 0 Å². The molecular weight excluding hydrogens is 293 g/mol. The third-order valence-corrected chi connectivity index (χ3v) is 2.78. The van der Waals surface area contributed by atoms with E-state index < -0.39 is 40.0 Å². The highest BCUT2D eigenvalue weighted by Crippen LogP contribution is 2.31. The molecule has 0 saturated heterocycles. The lowest BCUT2D eigenvalue weighted by atomic mass is 10.1. The Hall–Kier alpha value is -3.04. The number of phenols is 1. The molecule has 0 radical (unpaired) electrons. The van der Waals surface area contributed by atoms with Gasteiger partial charge in [-0.2, -0.15) is 4.39 Å². The van der Waals surface area contributed by atoms with Gasteiger partial charge < -0.3 is 10.1 Å². The topological polar surface area (TPSA) is 115 Å². The van der Waals surface area contributed by atoms with Crippen LogP contribution >= 0.6 is 0 Å². The van der Waals surface area contributed by atoms with E-state index in [4.69, 9.17) is 5.11 Å². The maximum absolute atomic E-state index is 13.8. The summed E-state index contributed by atoms with van der Waals surface area (Å²) in [6, 6.07) is 0.467. The first-order valence-electron chi connectivity index (χ1n) is 5.47. The van der Waals surface area contributed by atoms with E-state index >= 15 is 0 Å². The average Bonchev–Trinajstić information content (AvgIpc) is 2.84. The second-order valence-corrected chi connectivity index (χ2v) is 4.10. The largest absolute Gasteiger partial charge is 0.503 e. The van der Waals surface area contributed by atoms with Crippen LogP contribution in [0.25, 0.3) is 22.6 Å². The number of H-pyrrole nitrogens is 3. The van der Waals surface area contributed by atoms with Gasteiger partial charge in [0, 0.05) is 0 Å². The molecule has 0 spiro atoms. The van der Waals surface area contributed by atoms with E-state index in [1.54, 1.807) is 0 Å². The molecule has 0 fully saturated rings. The van der Waals surface area contributed by atoms with Gasteiger partial charge in [0.25, 0.3) is 5.56 Å². The highest BCUT2D eigenvalue weighted by Gasteiger charge is 2.21. The second-order valence-electron chi connectivity index (χ2n) is 4.10. The van der Waals surface area contributed by atoms with Crippen molar-refractivity contribution < 1.29 is 18.3 Å². The van der Waals surface area contributed by atoms with Crippen LogP contribution in [0.15, 0.2) is 15.7 Å². The Morgan fingerprint density at radius 3 is 2.48 bits per heavy atom. The average molecular weight is 298 g/mol. The second kappa shape index (κ2) is 4.23. The molecule has 0 saturated carbocycles. The number of nitrogens with one attached hydrogen (secondary N) is 3. The normalized spacial score (nSPS) is 11.2. The summed E-state index contributed by atoms with van der Waals surface area (Å²) < 4.78 is 40.0. The maximum atomic E-state index is 13.8. The van der Waals surface area contributed by atoms with Crippen LogP contribution < -0.4 is 11.2 Å². The molecule has 0 aliphatic carbocycles. The fourth-order valence-corrected chi connectivity index (χ4v) is 1.82. The van der Waals surface area contributed by atoms with Crippen molar-refractivity contribution in [3.8, 4) is 17.1 Å². The molecule has 4 N–H and O–H groups in total. The zero-order valence-electron chi connectivity index (χ0n) is 9.92. The molecule has 2 aromatic heterocycles. The molecule has 0 amide bonds. The molecule has 2 heterocycles. The van der Waals surface area contributed by atoms with Crippen LogP contribution in [0.4, 0.5) is 13.2 Å². The van der Waals surface area contributed by atoms with Crippen molar-refractivity contribution >= 4 is 11.2 Å². The van der Waals surface area contributed by atoms with Gasteiger partial charge in [0.2, 0.25) is 5.82 Å². The summed E-state index contributed by atoms with van der Waals surface area (Å²) in [5.74, 6) is -6.55. The van der Waals surface area contributed by atoms with E-state index in [-0.39, 0.29) is 17.0 Å². The van der Waals surface area contributed by atoms with Crippen LogP contribution in [-0.4, -0.2) is 25.0 Å². The SMILES string of the molecule is O=c1[nH]c(=O)c2[nH]c(-c3cc(F)c(F)c(O)c3F)nc2[nH]1. The fourth-order valence-electron chi connectivity index (χ4n) is 1.82. The van der Waals surface area contributed by atoms with Crippen molar-refractivity contribution in [1.82, 2.24) is 19.9 Å². The molecule has 0 atom stereocenters. The van der Waals surface area contributed by atoms with Gasteiger partial charge in [-0.15, -0.1) is 0 Å². The molecule has 0 unspecified atom stereocenters. The predicted molar refractivity (Wildman–Crippen MR) is 64.3 cm³/mol. The summed E-state index contributed by atoms with van der Waals surface area (Å²) in [6.45, 7) is 0. The van der Waals surface area contributed by atoms with Crippen LogP contribution in [0.3, 0.4) is 0 Å². The van der Waals surface area contributed by atoms with E-state index in [0.29, 0.717) is 6.07 Å². The van der Waals surface area contributed by atoms with Gasteiger partial charge in [-0.05, 0) is 6.07 Å². The van der Waals surface area contributed by atoms with Crippen molar-refractivity contribution in [1.29, 1.82) is 0 Å². The molecular formula is C11H5F3N4O3. The number of imidazole rings is 1. The number of rotatable bonds is 1. The predicted octanol–water partition coefficient (Wildman–Crippen LogP) is 0.729. The molecule has 108 valence electrons. The Bertz CT molecular complexity index is 989. The molecule has 7 nitrogen and oxygen atoms in total. The van der Waals surface area contributed by atoms with Crippen LogP contribution in [0, 0.1) is 17.5 Å². The Labute approximate surface area is 112 Å². The van der Waals surface area contributed by atoms with Gasteiger partial charge in [-0.25, -0.2) is 18.6 Å². The fraction of sp³-hybridized carbons (Fsp3) is 0. The van der Waals surface area contributed by atoms with Gasteiger partial charge in [-0.3, -0.25) is 14.8 Å². The summed E-state index contributed by atoms with van der Waals surface area (Å²) in [4.78, 5) is 32.7. The first-order chi connectivity index (χ1) is 9.88. The number of phenolic OH excluding ortho intramolecular Hbond substituents is 1. The minimum Gasteiger partial charge on any atom is -0.503 e. The smallest absolute Gasteiger partial charge is 0.327 e. The summed E-state index contributed by atoms with van der Waals surface area (Å²) in [5.41, 5.74) is -2.63. The standard InChI is InChI=1S/C11H5F3N4O3/c12-3-1-2(4(13)7(19)5(3)14)8-15-6-9(16-8)17-11(21)18-10(6)20/h1,19H,(H3,15,16,17,18,20,21). The lowest BCUT2D eigenvalue weighted by Gasteiger charge is -2.03. The monoisotopic (exact) mass is 298 g/mol. The number of halogens is 3. The number of aromatic hydroxyl groups is 1. The van der Waals surface area contributed by atoms with Crippen molar-refractivity contribution in [2.24, 2.45) is 0 Å². The highest BCUT2D eigenvalue weighted by atomic mass is 19.2. The molecule has 21 heavy (non-hydrogen) atoms. The molecule has 0 bridgehead atoms. The summed E-state index contributed by atoms with van der Waals surface area (Å²) >= 11 is 0. The van der Waals surface area contributed by atoms with E-state index in [1.165, 1.54) is 0 Å². The number of hydrogen-bond acceptors (Lipinski definition) is 4. The number of fused-ring (bicyclic) bond motifs is 1. The number of benzene rings is 1. The Morgan fingerprint density at radius 2 is 1.76 bits per heavy atom. The van der Waals surface area contributed by atoms with Crippen molar-refractivity contribution in [2.75, 3.05) is 0 Å². The third kappa shape index (κ3) is 1.88. The molecule has 0 aliphatic rings. The van der Waals surface area contributed by atoms with E-state index in [0.717, 1.165) is 0 Å². The van der Waals surface area contributed by atoms with Gasteiger partial charge >= 0.3 is 5.69 Å². The summed E-state index contributed by atoms with van der Waals surface area (Å²) in [7, 11) is 0. The first kappa shape index (κ1) is 13.0. The Balaban J connectivity index is 2.34. The number of hydrogen-bond donors (Lipinski definition) is 4. The number of aromatic nitrogens is 4. The molecule has 0 aliphatic heterocycles. The highest BCUT2D eigenvalue weighted by molar-refractivity contribution is 5.75. The van der Waals surface area contributed by atoms with Crippen LogP contribution in [0.1, 0.15) is 0 Å². The van der Waals surface area contributed by atoms with Crippen molar-refractivity contribution in [3.63, 3.8) is 0 Å². The van der Waals surface area contributed by atoms with Gasteiger partial charge in [0.05, 0.1) is 5.56 Å². The van der Waals surface area contributed by atoms with E-state index in [1.807, 2.05) is 4.98 Å². The minimum atomic E-state index is -1.74. The summed E-state index contributed by atoms with van der Waals surface area (Å²) in [5, 5.41) is 9.15. The quantitative estimate of drug-likeness (QED) is 0.496. The lowest BCUT2D eigenvalue weighted by Crippen LogP contribution is -2.21. The third-order valence-electron chi connectivity index (χ3n) is 2.78. The van der Waals surface area contributed by atoms with Crippen molar-refractivity contribution in [3.05, 3.63) is 44.4 Å². The molecule has 10 heteroatoms. The van der Waals surface area contributed by atoms with Crippen molar-refractivity contribution in [2.45, 2.75) is 0 Å². The maximum Gasteiger partial charge on any atom is 0.327 e. The van der Waals surface area contributed by atoms with Gasteiger partial charge in [-0.1, -0.05) is 0 Å². The molecule has 3 aromatic rings. The number of aromatic amines is 3. The first-order valence-corrected chi connectivity index (χ1v) is 5.47. The van der Waals surface area contributed by atoms with E-state index in [2.05, 4.69) is 15.0 Å². The zero-order valence-corrected chi connectivity index (χ0v) is 9.92. The zero-order chi connectivity index (χ0) is 15.3. The Kier molecular flexibility index (Phi) is 2.61. The van der Waals surface area contributed by atoms with E-state index in [9.17, 15) is 22.8 Å². The molecule has 1 aromatic carbocycles. The van der Waals surface area contributed by atoms with Gasteiger partial charge in [0.15, 0.2) is 23.0 Å². The van der Waals surface area contributed by atoms with Gasteiger partial charge in [0.1, 0.15) is 11.3 Å². The van der Waals surface area contributed by atoms with Crippen LogP contribution in [0.5, 0.6) is 5.75 Å². The minimum absolute atomic E-state index is 0.187. The van der Waals surface area contributed by atoms with Crippen LogP contribution in [-0.2, 0) is 0 Å². The lowest BCUT2D eigenvalue weighted by molar-refractivity contribution is 0.377. The molecule has 3 rings (SSSR count).